The van der Waals surface area contributed by atoms with Gasteiger partial charge in [0.15, 0.2) is 0 Å². The van der Waals surface area contributed by atoms with Crippen LogP contribution in [0.5, 0.6) is 0 Å². The lowest BCUT2D eigenvalue weighted by Gasteiger charge is -2.35. The molecule has 0 spiro atoms. The maximum Gasteiger partial charge on any atom is -0.00957 e. The van der Waals surface area contributed by atoms with Crippen molar-refractivity contribution in [1.82, 2.24) is 0 Å². The van der Waals surface area contributed by atoms with Crippen molar-refractivity contribution < 1.29 is 0 Å². The van der Waals surface area contributed by atoms with Crippen LogP contribution in [-0.4, -0.2) is 0 Å². The summed E-state index contributed by atoms with van der Waals surface area (Å²) >= 11 is 0. The van der Waals surface area contributed by atoms with Crippen molar-refractivity contribution >= 4 is 5.57 Å². The van der Waals surface area contributed by atoms with Crippen molar-refractivity contribution in [2.24, 2.45) is 17.3 Å². The standard InChI is InChI=1S/C48H74/c1-13-19-20-21-22-23-24-26-47(42-29-27-41(28-30-42)39(16-4)25-14-2)38(9)46(18-6)37(8)33-43(36(7)15-3)34-44-35-45(48(10,11)12)32-31-40(44)17-5/h14,16,18,25,27-30,33-34,38,45,47H,7,13,15,17,19-24,26,31-32,35H2,1-6,8-12H3/b25-14-,37-33+,39-16+,43-34-,46-18-/t38-,45-,47-/m0/s1. The highest BCUT2D eigenvalue weighted by molar-refractivity contribution is 5.73. The van der Waals surface area contributed by atoms with Crippen molar-refractivity contribution in [3.05, 3.63) is 112 Å². The molecule has 0 heteroatoms. The molecule has 0 heterocycles. The molecular formula is C48H74. The van der Waals surface area contributed by atoms with Gasteiger partial charge in [0.25, 0.3) is 0 Å². The Morgan fingerprint density at radius 2 is 1.56 bits per heavy atom. The van der Waals surface area contributed by atoms with Crippen molar-refractivity contribution in [2.45, 2.75) is 166 Å². The molecule has 1 aliphatic carbocycles. The summed E-state index contributed by atoms with van der Waals surface area (Å²) < 4.78 is 0. The van der Waals surface area contributed by atoms with E-state index in [1.165, 1.54) is 110 Å². The zero-order valence-corrected chi connectivity index (χ0v) is 33.4. The van der Waals surface area contributed by atoms with Crippen LogP contribution in [0.4, 0.5) is 0 Å². The Morgan fingerprint density at radius 3 is 2.10 bits per heavy atom. The number of hydrogen-bond acceptors (Lipinski definition) is 0. The first-order chi connectivity index (χ1) is 22.9. The molecule has 3 atom stereocenters. The van der Waals surface area contributed by atoms with E-state index in [0.29, 0.717) is 17.3 Å². The van der Waals surface area contributed by atoms with Crippen LogP contribution in [0.25, 0.3) is 5.57 Å². The minimum atomic E-state index is 0.337. The Morgan fingerprint density at radius 1 is 0.917 bits per heavy atom. The van der Waals surface area contributed by atoms with Crippen LogP contribution in [0.15, 0.2) is 101 Å². The third kappa shape index (κ3) is 12.7. The summed E-state index contributed by atoms with van der Waals surface area (Å²) in [6, 6.07) is 9.50. The summed E-state index contributed by atoms with van der Waals surface area (Å²) in [5.41, 5.74) is 13.1. The van der Waals surface area contributed by atoms with Gasteiger partial charge in [0.1, 0.15) is 0 Å². The summed E-state index contributed by atoms with van der Waals surface area (Å²) in [4.78, 5) is 0. The SMILES string of the molecule is C=C(CC)C(=C\C1=C(CC)CC[C@H](C(C)(C)C)C1)/C=C(C)/C(=C/C)[C@H](C)[C@H](CCCCCCCCC)c1ccc(C(/C=C\C)=C/C)cc1. The van der Waals surface area contributed by atoms with E-state index in [1.807, 2.05) is 0 Å². The highest BCUT2D eigenvalue weighted by Crippen LogP contribution is 2.43. The predicted molar refractivity (Wildman–Crippen MR) is 219 cm³/mol. The van der Waals surface area contributed by atoms with Gasteiger partial charge in [-0.05, 0) is 134 Å². The minimum absolute atomic E-state index is 0.337. The first kappa shape index (κ1) is 41.6. The van der Waals surface area contributed by atoms with Gasteiger partial charge in [-0.3, -0.25) is 0 Å². The fourth-order valence-corrected chi connectivity index (χ4v) is 7.83. The summed E-state index contributed by atoms with van der Waals surface area (Å²) in [6.07, 6.45) is 30.5. The quantitative estimate of drug-likeness (QED) is 0.103. The molecule has 1 aliphatic rings. The van der Waals surface area contributed by atoms with Gasteiger partial charge in [0.05, 0.1) is 0 Å². The van der Waals surface area contributed by atoms with Crippen LogP contribution in [0.1, 0.15) is 177 Å². The van der Waals surface area contributed by atoms with Gasteiger partial charge in [-0.1, -0.05) is 166 Å². The van der Waals surface area contributed by atoms with E-state index < -0.39 is 0 Å². The molecule has 0 bridgehead atoms. The largest absolute Gasteiger partial charge is 0.0952 e. The number of hydrogen-bond donors (Lipinski definition) is 0. The van der Waals surface area contributed by atoms with Gasteiger partial charge in [0, 0.05) is 0 Å². The Balaban J connectivity index is 2.48. The van der Waals surface area contributed by atoms with Gasteiger partial charge in [-0.15, -0.1) is 0 Å². The Labute approximate surface area is 299 Å². The van der Waals surface area contributed by atoms with E-state index in [1.54, 1.807) is 11.1 Å². The predicted octanol–water partition coefficient (Wildman–Crippen LogP) is 15.9. The maximum atomic E-state index is 4.58. The fourth-order valence-electron chi connectivity index (χ4n) is 7.83. The van der Waals surface area contributed by atoms with E-state index in [9.17, 15) is 0 Å². The lowest BCUT2D eigenvalue weighted by molar-refractivity contribution is 0.216. The van der Waals surface area contributed by atoms with Crippen LogP contribution in [0.2, 0.25) is 0 Å². The number of rotatable bonds is 19. The lowest BCUT2D eigenvalue weighted by Crippen LogP contribution is -2.24. The van der Waals surface area contributed by atoms with Crippen molar-refractivity contribution in [2.75, 3.05) is 0 Å². The highest BCUT2D eigenvalue weighted by atomic mass is 14.3. The third-order valence-corrected chi connectivity index (χ3v) is 11.2. The summed E-state index contributed by atoms with van der Waals surface area (Å²) in [5.74, 6) is 1.64. The second kappa shape index (κ2) is 21.5. The van der Waals surface area contributed by atoms with Gasteiger partial charge in [-0.2, -0.15) is 0 Å². The fraction of sp³-hybridized carbons (Fsp3) is 0.583. The van der Waals surface area contributed by atoms with Crippen LogP contribution in [-0.2, 0) is 0 Å². The molecule has 0 fully saturated rings. The molecule has 2 rings (SSSR count). The van der Waals surface area contributed by atoms with E-state index >= 15 is 0 Å². The average molecular weight is 651 g/mol. The van der Waals surface area contributed by atoms with E-state index in [-0.39, 0.29) is 0 Å². The molecule has 0 N–H and O–H groups in total. The van der Waals surface area contributed by atoms with Crippen molar-refractivity contribution in [1.29, 1.82) is 0 Å². The molecule has 266 valence electrons. The van der Waals surface area contributed by atoms with E-state index in [2.05, 4.69) is 143 Å². The van der Waals surface area contributed by atoms with Gasteiger partial charge >= 0.3 is 0 Å². The topological polar surface area (TPSA) is 0 Å². The molecule has 0 unspecified atom stereocenters. The van der Waals surface area contributed by atoms with E-state index in [4.69, 9.17) is 0 Å². The molecule has 1 aromatic carbocycles. The lowest BCUT2D eigenvalue weighted by atomic mass is 9.70. The van der Waals surface area contributed by atoms with E-state index in [0.717, 1.165) is 18.8 Å². The monoisotopic (exact) mass is 651 g/mol. The molecular weight excluding hydrogens is 577 g/mol. The van der Waals surface area contributed by atoms with Crippen LogP contribution in [0.3, 0.4) is 0 Å². The smallest absolute Gasteiger partial charge is 0.00957 e. The van der Waals surface area contributed by atoms with Crippen molar-refractivity contribution in [3.63, 3.8) is 0 Å². The van der Waals surface area contributed by atoms with Crippen LogP contribution in [0, 0.1) is 17.3 Å². The summed E-state index contributed by atoms with van der Waals surface area (Å²) in [5, 5.41) is 0. The second-order valence-corrected chi connectivity index (χ2v) is 15.6. The molecule has 48 heavy (non-hydrogen) atoms. The minimum Gasteiger partial charge on any atom is -0.0952 e. The van der Waals surface area contributed by atoms with Gasteiger partial charge < -0.3 is 0 Å². The highest BCUT2D eigenvalue weighted by Gasteiger charge is 2.29. The zero-order chi connectivity index (χ0) is 35.7. The zero-order valence-electron chi connectivity index (χ0n) is 33.4. The van der Waals surface area contributed by atoms with Crippen LogP contribution < -0.4 is 0 Å². The van der Waals surface area contributed by atoms with Gasteiger partial charge in [0.2, 0.25) is 0 Å². The maximum absolute atomic E-state index is 4.58. The van der Waals surface area contributed by atoms with Gasteiger partial charge in [-0.25, -0.2) is 0 Å². The normalized spacial score (nSPS) is 18.5. The Kier molecular flexibility index (Phi) is 18.6. The average Bonchev–Trinajstić information content (AvgIpc) is 3.07. The number of allylic oxidation sites excluding steroid dienone is 13. The molecule has 0 aliphatic heterocycles. The molecule has 0 amide bonds. The Bertz CT molecular complexity index is 1310. The number of benzene rings is 1. The van der Waals surface area contributed by atoms with Crippen LogP contribution >= 0.6 is 0 Å². The summed E-state index contributed by atoms with van der Waals surface area (Å²) in [7, 11) is 0. The molecule has 1 aromatic rings. The molecule has 0 aromatic heterocycles. The number of unbranched alkanes of at least 4 members (excludes halogenated alkanes) is 6. The molecule has 0 radical (unpaired) electrons. The first-order valence-corrected chi connectivity index (χ1v) is 19.8. The molecule has 0 saturated heterocycles. The first-order valence-electron chi connectivity index (χ1n) is 19.8. The second-order valence-electron chi connectivity index (χ2n) is 15.6. The van der Waals surface area contributed by atoms with Crippen molar-refractivity contribution in [3.8, 4) is 0 Å². The molecule has 0 saturated carbocycles. The third-order valence-electron chi connectivity index (χ3n) is 11.2. The summed E-state index contributed by atoms with van der Waals surface area (Å²) in [6.45, 7) is 30.0. The molecule has 0 nitrogen and oxygen atoms in total. The Hall–Kier alpha value is -2.60.